The Morgan fingerprint density at radius 2 is 2.25 bits per heavy atom. The van der Waals surface area contributed by atoms with E-state index in [9.17, 15) is 0 Å². The van der Waals surface area contributed by atoms with Crippen molar-refractivity contribution in [2.24, 2.45) is 0 Å². The lowest BCUT2D eigenvalue weighted by Gasteiger charge is -2.44. The molecule has 2 heterocycles. The summed E-state index contributed by atoms with van der Waals surface area (Å²) in [7, 11) is 1.74. The van der Waals surface area contributed by atoms with E-state index < -0.39 is 0 Å². The molecule has 1 fully saturated rings. The first-order valence-corrected chi connectivity index (χ1v) is 7.80. The smallest absolute Gasteiger partial charge is 0.165 e. The number of aryl methyl sites for hydroxylation is 1. The largest absolute Gasteiger partial charge is 0.493 e. The molecule has 0 aliphatic carbocycles. The minimum absolute atomic E-state index is 0.545. The lowest BCUT2D eigenvalue weighted by atomic mass is 9.81. The molecular weight excluding hydrogens is 250 g/mol. The van der Waals surface area contributed by atoms with Crippen LogP contribution in [-0.2, 0) is 0 Å². The first-order chi connectivity index (χ1) is 9.76. The second kappa shape index (κ2) is 5.65. The Balaban J connectivity index is 1.96. The van der Waals surface area contributed by atoms with Gasteiger partial charge in [0.05, 0.1) is 13.2 Å². The van der Waals surface area contributed by atoms with Gasteiger partial charge in [-0.05, 0) is 44.8 Å². The van der Waals surface area contributed by atoms with E-state index in [0.717, 1.165) is 23.7 Å². The molecule has 0 bridgehead atoms. The van der Waals surface area contributed by atoms with Crippen LogP contribution in [0, 0.1) is 6.92 Å². The number of hydrogen-bond donors (Lipinski definition) is 0. The molecule has 0 saturated carbocycles. The van der Waals surface area contributed by atoms with E-state index in [4.69, 9.17) is 9.47 Å². The molecule has 20 heavy (non-hydrogen) atoms. The highest BCUT2D eigenvalue weighted by Crippen LogP contribution is 2.46. The summed E-state index contributed by atoms with van der Waals surface area (Å²) < 4.78 is 11.7. The van der Waals surface area contributed by atoms with E-state index in [2.05, 4.69) is 30.9 Å². The van der Waals surface area contributed by atoms with Crippen molar-refractivity contribution in [3.63, 3.8) is 0 Å². The highest BCUT2D eigenvalue weighted by Gasteiger charge is 2.38. The third-order valence-electron chi connectivity index (χ3n) is 4.75. The Morgan fingerprint density at radius 3 is 3.00 bits per heavy atom. The number of benzene rings is 1. The van der Waals surface area contributed by atoms with Gasteiger partial charge >= 0.3 is 0 Å². The zero-order valence-corrected chi connectivity index (χ0v) is 12.8. The van der Waals surface area contributed by atoms with E-state index in [1.807, 2.05) is 0 Å². The summed E-state index contributed by atoms with van der Waals surface area (Å²) in [5.74, 6) is 2.52. The molecular formula is C17H25NO2. The number of likely N-dealkylation sites (tertiary alicyclic amines) is 1. The van der Waals surface area contributed by atoms with Crippen LogP contribution in [0.1, 0.15) is 43.2 Å². The lowest BCUT2D eigenvalue weighted by molar-refractivity contribution is 0.0642. The van der Waals surface area contributed by atoms with E-state index in [0.29, 0.717) is 12.0 Å². The number of methoxy groups -OCH3 is 1. The number of hydrogen-bond acceptors (Lipinski definition) is 3. The van der Waals surface area contributed by atoms with Crippen LogP contribution in [0.15, 0.2) is 12.1 Å². The molecule has 2 atom stereocenters. The molecule has 0 aromatic heterocycles. The van der Waals surface area contributed by atoms with Crippen molar-refractivity contribution in [2.75, 3.05) is 26.8 Å². The molecule has 3 rings (SSSR count). The Hall–Kier alpha value is -1.22. The van der Waals surface area contributed by atoms with Crippen LogP contribution in [0.25, 0.3) is 0 Å². The monoisotopic (exact) mass is 275 g/mol. The van der Waals surface area contributed by atoms with Crippen molar-refractivity contribution in [3.05, 3.63) is 23.3 Å². The molecule has 0 radical (unpaired) electrons. The van der Waals surface area contributed by atoms with Gasteiger partial charge in [0.25, 0.3) is 0 Å². The maximum Gasteiger partial charge on any atom is 0.165 e. The van der Waals surface area contributed by atoms with Crippen LogP contribution in [0.3, 0.4) is 0 Å². The minimum atomic E-state index is 0.545. The average molecular weight is 275 g/mol. The highest BCUT2D eigenvalue weighted by atomic mass is 16.5. The summed E-state index contributed by atoms with van der Waals surface area (Å²) in [6.07, 6.45) is 3.78. The third kappa shape index (κ3) is 2.18. The number of fused-ring (bicyclic) bond motifs is 3. The number of ether oxygens (including phenoxy) is 2. The van der Waals surface area contributed by atoms with Gasteiger partial charge in [-0.2, -0.15) is 0 Å². The minimum Gasteiger partial charge on any atom is -0.493 e. The Labute approximate surface area is 121 Å². The Morgan fingerprint density at radius 1 is 1.40 bits per heavy atom. The van der Waals surface area contributed by atoms with Crippen molar-refractivity contribution in [2.45, 2.75) is 45.1 Å². The van der Waals surface area contributed by atoms with E-state index in [-0.39, 0.29) is 0 Å². The molecule has 0 unspecified atom stereocenters. The normalized spacial score (nSPS) is 25.6. The first kappa shape index (κ1) is 13.7. The molecule has 0 spiro atoms. The Kier molecular flexibility index (Phi) is 3.88. The third-order valence-corrected chi connectivity index (χ3v) is 4.75. The van der Waals surface area contributed by atoms with Gasteiger partial charge in [-0.1, -0.05) is 19.1 Å². The van der Waals surface area contributed by atoms with Crippen molar-refractivity contribution in [3.8, 4) is 11.5 Å². The molecule has 2 aliphatic heterocycles. The number of nitrogens with zero attached hydrogens (tertiary/aromatic N) is 1. The van der Waals surface area contributed by atoms with E-state index in [1.54, 1.807) is 7.11 Å². The predicted octanol–water partition coefficient (Wildman–Crippen LogP) is 3.35. The molecule has 3 heteroatoms. The van der Waals surface area contributed by atoms with Gasteiger partial charge in [-0.15, -0.1) is 0 Å². The van der Waals surface area contributed by atoms with E-state index >= 15 is 0 Å². The summed E-state index contributed by atoms with van der Waals surface area (Å²) in [6.45, 7) is 7.55. The summed E-state index contributed by atoms with van der Waals surface area (Å²) in [4.78, 5) is 2.61. The zero-order chi connectivity index (χ0) is 14.1. The molecule has 2 aliphatic rings. The molecule has 1 aromatic carbocycles. The number of piperidine rings is 1. The maximum absolute atomic E-state index is 6.11. The quantitative estimate of drug-likeness (QED) is 0.844. The zero-order valence-electron chi connectivity index (χ0n) is 12.8. The van der Waals surface area contributed by atoms with Crippen molar-refractivity contribution >= 4 is 0 Å². The van der Waals surface area contributed by atoms with Gasteiger partial charge in [-0.3, -0.25) is 4.90 Å². The van der Waals surface area contributed by atoms with Gasteiger partial charge in [0, 0.05) is 11.5 Å². The van der Waals surface area contributed by atoms with Crippen LogP contribution in [0.2, 0.25) is 0 Å². The van der Waals surface area contributed by atoms with Crippen molar-refractivity contribution in [1.29, 1.82) is 0 Å². The van der Waals surface area contributed by atoms with Crippen molar-refractivity contribution in [1.82, 2.24) is 4.90 Å². The molecule has 1 aromatic rings. The molecule has 0 amide bonds. The second-order valence-electron chi connectivity index (χ2n) is 6.00. The standard InChI is InChI=1S/C17H25NO2/c1-4-9-18-10-5-6-13-14-8-7-12(2)16(19-3)17(14)20-11-15(13)18/h7-8,13,15H,4-6,9-11H2,1-3H3/t13-,15-/m0/s1. The summed E-state index contributed by atoms with van der Waals surface area (Å²) in [5.41, 5.74) is 2.51. The topological polar surface area (TPSA) is 21.7 Å². The highest BCUT2D eigenvalue weighted by molar-refractivity contribution is 5.54. The SMILES string of the molecule is CCCN1CCC[C@H]2c3ccc(C)c(OC)c3OC[C@@H]21. The second-order valence-corrected chi connectivity index (χ2v) is 6.00. The predicted molar refractivity (Wildman–Crippen MR) is 80.9 cm³/mol. The Bertz CT molecular complexity index is 484. The summed E-state index contributed by atoms with van der Waals surface area (Å²) in [5, 5.41) is 0. The fraction of sp³-hybridized carbons (Fsp3) is 0.647. The molecule has 1 saturated heterocycles. The molecule has 110 valence electrons. The van der Waals surface area contributed by atoms with Gasteiger partial charge in [0.1, 0.15) is 6.61 Å². The van der Waals surface area contributed by atoms with Gasteiger partial charge in [-0.25, -0.2) is 0 Å². The molecule has 0 N–H and O–H groups in total. The number of rotatable bonds is 3. The van der Waals surface area contributed by atoms with Crippen LogP contribution < -0.4 is 9.47 Å². The molecule has 3 nitrogen and oxygen atoms in total. The van der Waals surface area contributed by atoms with Crippen molar-refractivity contribution < 1.29 is 9.47 Å². The average Bonchev–Trinajstić information content (AvgIpc) is 2.47. The van der Waals surface area contributed by atoms with Crippen LogP contribution in [-0.4, -0.2) is 37.7 Å². The van der Waals surface area contributed by atoms with Gasteiger partial charge in [0.2, 0.25) is 0 Å². The fourth-order valence-electron chi connectivity index (χ4n) is 3.82. The fourth-order valence-corrected chi connectivity index (χ4v) is 3.82. The van der Waals surface area contributed by atoms with Crippen LogP contribution >= 0.6 is 0 Å². The lowest BCUT2D eigenvalue weighted by Crippen LogP contribution is -2.49. The van der Waals surface area contributed by atoms with E-state index in [1.165, 1.54) is 37.9 Å². The maximum atomic E-state index is 6.11. The summed E-state index contributed by atoms with van der Waals surface area (Å²) in [6, 6.07) is 4.96. The first-order valence-electron chi connectivity index (χ1n) is 7.80. The van der Waals surface area contributed by atoms with Gasteiger partial charge < -0.3 is 9.47 Å². The summed E-state index contributed by atoms with van der Waals surface area (Å²) >= 11 is 0. The van der Waals surface area contributed by atoms with Crippen LogP contribution in [0.4, 0.5) is 0 Å². The van der Waals surface area contributed by atoms with Crippen LogP contribution in [0.5, 0.6) is 11.5 Å². The van der Waals surface area contributed by atoms with Gasteiger partial charge in [0.15, 0.2) is 11.5 Å².